The van der Waals surface area contributed by atoms with Crippen LogP contribution in [0.5, 0.6) is 0 Å². The van der Waals surface area contributed by atoms with Gasteiger partial charge in [-0.15, -0.1) is 0 Å². The Kier molecular flexibility index (Phi) is 5.17. The van der Waals surface area contributed by atoms with E-state index in [1.165, 1.54) is 29.4 Å². The molecule has 30 heavy (non-hydrogen) atoms. The zero-order valence-corrected chi connectivity index (χ0v) is 15.5. The number of nitrogens with one attached hydrogen (secondary N) is 1. The fourth-order valence-electron chi connectivity index (χ4n) is 3.37. The maximum atomic E-state index is 11.1. The third-order valence-electron chi connectivity index (χ3n) is 4.97. The summed E-state index contributed by atoms with van der Waals surface area (Å²) in [6, 6.07) is 4.52. The van der Waals surface area contributed by atoms with Crippen LogP contribution in [-0.2, 0) is 11.3 Å². The molecule has 1 aromatic carbocycles. The number of aliphatic hydroxyl groups excluding tert-OH is 3. The topological polar surface area (TPSA) is 195 Å². The lowest BCUT2D eigenvalue weighted by atomic mass is 10.1. The second-order valence-electron chi connectivity index (χ2n) is 6.74. The number of nitrogens with zero attached hydrogens (tertiary/aromatic N) is 5. The Balaban J connectivity index is 1.61. The van der Waals surface area contributed by atoms with Crippen molar-refractivity contribution in [2.75, 3.05) is 17.7 Å². The Morgan fingerprint density at radius 2 is 2.07 bits per heavy atom. The summed E-state index contributed by atoms with van der Waals surface area (Å²) in [5.41, 5.74) is 6.95. The molecule has 1 aliphatic heterocycles. The number of hydrogen-bond acceptors (Lipinski definition) is 11. The Morgan fingerprint density at radius 3 is 2.77 bits per heavy atom. The minimum atomic E-state index is -1.28. The van der Waals surface area contributed by atoms with E-state index in [1.54, 1.807) is 6.07 Å². The molecule has 4 atom stereocenters. The quantitative estimate of drug-likeness (QED) is 0.198. The number of nitro groups is 1. The molecule has 1 saturated heterocycles. The van der Waals surface area contributed by atoms with Gasteiger partial charge in [0.05, 0.1) is 17.9 Å². The molecule has 2 aromatic heterocycles. The summed E-state index contributed by atoms with van der Waals surface area (Å²) in [6.07, 6.45) is -1.80. The number of aliphatic hydroxyl groups is 3. The molecule has 158 valence electrons. The van der Waals surface area contributed by atoms with Crippen LogP contribution in [0.4, 0.5) is 17.2 Å². The largest absolute Gasteiger partial charge is 0.394 e. The fourth-order valence-corrected chi connectivity index (χ4v) is 3.37. The predicted molar refractivity (Wildman–Crippen MR) is 103 cm³/mol. The summed E-state index contributed by atoms with van der Waals surface area (Å²) in [5, 5.41) is 43.6. The van der Waals surface area contributed by atoms with E-state index in [4.69, 9.17) is 10.5 Å². The van der Waals surface area contributed by atoms with Crippen LogP contribution in [-0.4, -0.2) is 64.7 Å². The monoisotopic (exact) mass is 417 g/mol. The van der Waals surface area contributed by atoms with Gasteiger partial charge >= 0.3 is 0 Å². The van der Waals surface area contributed by atoms with Crippen molar-refractivity contribution in [3.8, 4) is 0 Å². The molecule has 6 N–H and O–H groups in total. The van der Waals surface area contributed by atoms with E-state index >= 15 is 0 Å². The van der Waals surface area contributed by atoms with Gasteiger partial charge in [-0.1, -0.05) is 12.1 Å². The van der Waals surface area contributed by atoms with Crippen molar-refractivity contribution in [3.05, 3.63) is 46.5 Å². The Morgan fingerprint density at radius 1 is 1.27 bits per heavy atom. The number of nitro benzene ring substituents is 1. The molecule has 0 saturated carbocycles. The normalized spacial score (nSPS) is 23.7. The molecule has 4 rings (SSSR count). The Labute approximate surface area is 168 Å². The van der Waals surface area contributed by atoms with Crippen LogP contribution >= 0.6 is 0 Å². The maximum absolute atomic E-state index is 11.1. The van der Waals surface area contributed by atoms with Crippen LogP contribution in [0.1, 0.15) is 11.8 Å². The van der Waals surface area contributed by atoms with Crippen LogP contribution in [0.25, 0.3) is 11.2 Å². The average Bonchev–Trinajstić information content (AvgIpc) is 3.28. The SMILES string of the molecule is Nc1c(CNc2ncnc3c2ncn3C2O[C@H](CO)[C@@H](O)[C@H]2O)cccc1[N+](=O)[O-]. The highest BCUT2D eigenvalue weighted by atomic mass is 16.6. The molecule has 0 radical (unpaired) electrons. The number of aromatic nitrogens is 4. The summed E-state index contributed by atoms with van der Waals surface area (Å²) in [4.78, 5) is 23.1. The third-order valence-corrected chi connectivity index (χ3v) is 4.97. The molecule has 0 bridgehead atoms. The zero-order valence-electron chi connectivity index (χ0n) is 15.5. The number of ether oxygens (including phenoxy) is 1. The van der Waals surface area contributed by atoms with E-state index in [0.717, 1.165) is 0 Å². The van der Waals surface area contributed by atoms with Gasteiger partial charge < -0.3 is 31.1 Å². The second-order valence-corrected chi connectivity index (χ2v) is 6.74. The van der Waals surface area contributed by atoms with Gasteiger partial charge in [0, 0.05) is 18.2 Å². The number of nitrogens with two attached hydrogens (primary N) is 1. The maximum Gasteiger partial charge on any atom is 0.292 e. The highest BCUT2D eigenvalue weighted by Crippen LogP contribution is 2.32. The summed E-state index contributed by atoms with van der Waals surface area (Å²) < 4.78 is 6.96. The molecule has 0 amide bonds. The number of para-hydroxylation sites is 1. The van der Waals surface area contributed by atoms with Gasteiger partial charge in [0.25, 0.3) is 5.69 Å². The number of nitrogen functional groups attached to an aromatic ring is 1. The van der Waals surface area contributed by atoms with Crippen molar-refractivity contribution < 1.29 is 25.0 Å². The number of imidazole rings is 1. The molecule has 3 aromatic rings. The molecule has 1 fully saturated rings. The number of hydrogen-bond donors (Lipinski definition) is 5. The molecule has 1 unspecified atom stereocenters. The molecule has 1 aliphatic rings. The molecule has 13 heteroatoms. The van der Waals surface area contributed by atoms with Gasteiger partial charge in [-0.2, -0.15) is 0 Å². The van der Waals surface area contributed by atoms with Crippen molar-refractivity contribution >= 4 is 28.4 Å². The summed E-state index contributed by atoms with van der Waals surface area (Å²) >= 11 is 0. The van der Waals surface area contributed by atoms with Gasteiger partial charge in [0.2, 0.25) is 0 Å². The van der Waals surface area contributed by atoms with E-state index in [-0.39, 0.29) is 17.9 Å². The van der Waals surface area contributed by atoms with E-state index in [9.17, 15) is 25.4 Å². The number of anilines is 2. The van der Waals surface area contributed by atoms with E-state index in [2.05, 4.69) is 20.3 Å². The van der Waals surface area contributed by atoms with Crippen LogP contribution in [0.2, 0.25) is 0 Å². The molecular weight excluding hydrogens is 398 g/mol. The highest BCUT2D eigenvalue weighted by Gasteiger charge is 2.44. The highest BCUT2D eigenvalue weighted by molar-refractivity contribution is 5.82. The van der Waals surface area contributed by atoms with Crippen LogP contribution < -0.4 is 11.1 Å². The van der Waals surface area contributed by atoms with E-state index in [1.807, 2.05) is 0 Å². The van der Waals surface area contributed by atoms with Gasteiger partial charge in [-0.25, -0.2) is 15.0 Å². The van der Waals surface area contributed by atoms with Gasteiger partial charge in [0.1, 0.15) is 30.3 Å². The average molecular weight is 417 g/mol. The van der Waals surface area contributed by atoms with Crippen molar-refractivity contribution in [3.63, 3.8) is 0 Å². The smallest absolute Gasteiger partial charge is 0.292 e. The third kappa shape index (κ3) is 3.29. The molecule has 0 aliphatic carbocycles. The standard InChI is InChI=1S/C17H19N7O6/c18-11-8(2-1-3-9(11)24(28)29)4-19-15-12-16(21-6-20-15)23(7-22-12)17-14(27)13(26)10(5-25)30-17/h1-3,6-7,10,13-14,17,25-27H,4-5,18H2,(H,19,20,21)/t10-,13-,14-,17?/m1/s1. The summed E-state index contributed by atoms with van der Waals surface area (Å²) in [5.74, 6) is 0.344. The lowest BCUT2D eigenvalue weighted by molar-refractivity contribution is -0.383. The predicted octanol–water partition coefficient (Wildman–Crippen LogP) is -0.460. The van der Waals surface area contributed by atoms with Crippen LogP contribution in [0.3, 0.4) is 0 Å². The minimum absolute atomic E-state index is 0.0531. The fraction of sp³-hybridized carbons (Fsp3) is 0.353. The lowest BCUT2D eigenvalue weighted by Crippen LogP contribution is -2.33. The first-order chi connectivity index (χ1) is 14.4. The first-order valence-electron chi connectivity index (χ1n) is 8.98. The lowest BCUT2D eigenvalue weighted by Gasteiger charge is -2.16. The minimum Gasteiger partial charge on any atom is -0.394 e. The van der Waals surface area contributed by atoms with Gasteiger partial charge in [-0.3, -0.25) is 14.7 Å². The number of benzene rings is 1. The Hall–Kier alpha value is -3.39. The van der Waals surface area contributed by atoms with Crippen LogP contribution in [0.15, 0.2) is 30.9 Å². The van der Waals surface area contributed by atoms with Crippen molar-refractivity contribution in [1.82, 2.24) is 19.5 Å². The van der Waals surface area contributed by atoms with Gasteiger partial charge in [-0.05, 0) is 0 Å². The summed E-state index contributed by atoms with van der Waals surface area (Å²) in [7, 11) is 0. The molecule has 3 heterocycles. The van der Waals surface area contributed by atoms with Crippen LogP contribution in [0, 0.1) is 10.1 Å². The van der Waals surface area contributed by atoms with Crippen molar-refractivity contribution in [2.24, 2.45) is 0 Å². The molecule has 13 nitrogen and oxygen atoms in total. The summed E-state index contributed by atoms with van der Waals surface area (Å²) in [6.45, 7) is -0.297. The molecular formula is C17H19N7O6. The van der Waals surface area contributed by atoms with Gasteiger partial charge in [0.15, 0.2) is 23.2 Å². The van der Waals surface area contributed by atoms with E-state index < -0.39 is 36.1 Å². The Bertz CT molecular complexity index is 1090. The number of fused-ring (bicyclic) bond motifs is 1. The van der Waals surface area contributed by atoms with E-state index in [0.29, 0.717) is 22.5 Å². The second kappa shape index (κ2) is 7.79. The number of rotatable bonds is 6. The first-order valence-corrected chi connectivity index (χ1v) is 8.98. The zero-order chi connectivity index (χ0) is 21.4. The van der Waals surface area contributed by atoms with Crippen molar-refractivity contribution in [2.45, 2.75) is 31.1 Å². The first kappa shape index (κ1) is 19.9. The molecule has 0 spiro atoms. The van der Waals surface area contributed by atoms with Crippen molar-refractivity contribution in [1.29, 1.82) is 0 Å².